The highest BCUT2D eigenvalue weighted by molar-refractivity contribution is 5.92. The summed E-state index contributed by atoms with van der Waals surface area (Å²) in [6, 6.07) is 8.25. The summed E-state index contributed by atoms with van der Waals surface area (Å²) in [5.41, 5.74) is 0.736. The third-order valence-corrected chi connectivity index (χ3v) is 2.47. The molecular weight excluding hydrogens is 218 g/mol. The number of hydrogen-bond donors (Lipinski definition) is 1. The molecule has 0 aliphatic rings. The Morgan fingerprint density at radius 2 is 2.12 bits per heavy atom. The van der Waals surface area contributed by atoms with Crippen molar-refractivity contribution in [3.05, 3.63) is 42.7 Å². The second-order valence-electron chi connectivity index (χ2n) is 3.67. The lowest BCUT2D eigenvalue weighted by atomic mass is 10.3. The van der Waals surface area contributed by atoms with E-state index >= 15 is 0 Å². The summed E-state index contributed by atoms with van der Waals surface area (Å²) in [4.78, 5) is 13.4. The standard InChI is InChI=1S/C12H13N3O2/c1-14(10-3-5-11(16)6-4-10)12(17)9-15-8-2-7-13-15/h2-8,16H,9H2,1H3. The van der Waals surface area contributed by atoms with Gasteiger partial charge in [-0.05, 0) is 30.3 Å². The Labute approximate surface area is 98.9 Å². The summed E-state index contributed by atoms with van der Waals surface area (Å²) in [5.74, 6) is 0.112. The van der Waals surface area contributed by atoms with Crippen molar-refractivity contribution in [1.82, 2.24) is 9.78 Å². The van der Waals surface area contributed by atoms with Gasteiger partial charge in [0.2, 0.25) is 5.91 Å². The van der Waals surface area contributed by atoms with Crippen LogP contribution >= 0.6 is 0 Å². The van der Waals surface area contributed by atoms with Crippen molar-refractivity contribution < 1.29 is 9.90 Å². The van der Waals surface area contributed by atoms with Crippen molar-refractivity contribution in [2.45, 2.75) is 6.54 Å². The van der Waals surface area contributed by atoms with Gasteiger partial charge in [0.05, 0.1) is 0 Å². The number of phenols is 1. The molecule has 1 N–H and O–H groups in total. The van der Waals surface area contributed by atoms with Crippen LogP contribution in [0.3, 0.4) is 0 Å². The number of carbonyl (C=O) groups excluding carboxylic acids is 1. The fourth-order valence-corrected chi connectivity index (χ4v) is 1.46. The van der Waals surface area contributed by atoms with Gasteiger partial charge in [-0.2, -0.15) is 5.10 Å². The van der Waals surface area contributed by atoms with Crippen LogP contribution in [0.15, 0.2) is 42.7 Å². The molecule has 0 fully saturated rings. The molecule has 2 aromatic rings. The number of aromatic nitrogens is 2. The minimum absolute atomic E-state index is 0.0700. The third kappa shape index (κ3) is 2.63. The molecule has 1 amide bonds. The number of aromatic hydroxyl groups is 1. The maximum atomic E-state index is 11.9. The third-order valence-electron chi connectivity index (χ3n) is 2.47. The molecular formula is C12H13N3O2. The normalized spacial score (nSPS) is 10.2. The van der Waals surface area contributed by atoms with Crippen LogP contribution in [0, 0.1) is 0 Å². The molecule has 88 valence electrons. The van der Waals surface area contributed by atoms with Gasteiger partial charge in [-0.1, -0.05) is 0 Å². The smallest absolute Gasteiger partial charge is 0.248 e. The van der Waals surface area contributed by atoms with Crippen LogP contribution in [0.2, 0.25) is 0 Å². The Balaban J connectivity index is 2.07. The minimum atomic E-state index is -0.0700. The minimum Gasteiger partial charge on any atom is -0.508 e. The zero-order chi connectivity index (χ0) is 12.3. The van der Waals surface area contributed by atoms with E-state index < -0.39 is 0 Å². The van der Waals surface area contributed by atoms with Gasteiger partial charge in [-0.15, -0.1) is 0 Å². The van der Waals surface area contributed by atoms with Gasteiger partial charge in [0, 0.05) is 25.1 Å². The van der Waals surface area contributed by atoms with E-state index in [9.17, 15) is 4.79 Å². The zero-order valence-corrected chi connectivity index (χ0v) is 9.45. The lowest BCUT2D eigenvalue weighted by Gasteiger charge is -2.17. The Kier molecular flexibility index (Phi) is 3.09. The first-order valence-electron chi connectivity index (χ1n) is 5.20. The van der Waals surface area contributed by atoms with Crippen LogP contribution in [0.25, 0.3) is 0 Å². The predicted octanol–water partition coefficient (Wildman–Crippen LogP) is 1.25. The van der Waals surface area contributed by atoms with Gasteiger partial charge in [0.25, 0.3) is 0 Å². The molecule has 0 saturated heterocycles. The Morgan fingerprint density at radius 1 is 1.41 bits per heavy atom. The summed E-state index contributed by atoms with van der Waals surface area (Å²) >= 11 is 0. The van der Waals surface area contributed by atoms with Crippen molar-refractivity contribution in [1.29, 1.82) is 0 Å². The molecule has 0 aliphatic carbocycles. The second kappa shape index (κ2) is 4.69. The molecule has 0 spiro atoms. The fraction of sp³-hybridized carbons (Fsp3) is 0.167. The molecule has 0 bridgehead atoms. The molecule has 1 aromatic carbocycles. The van der Waals surface area contributed by atoms with Crippen molar-refractivity contribution in [3.8, 4) is 5.75 Å². The first-order valence-corrected chi connectivity index (χ1v) is 5.20. The van der Waals surface area contributed by atoms with Crippen LogP contribution in [0.4, 0.5) is 5.69 Å². The van der Waals surface area contributed by atoms with E-state index in [-0.39, 0.29) is 18.2 Å². The van der Waals surface area contributed by atoms with Gasteiger partial charge in [0.15, 0.2) is 0 Å². The lowest BCUT2D eigenvalue weighted by molar-refractivity contribution is -0.119. The van der Waals surface area contributed by atoms with Crippen LogP contribution in [-0.2, 0) is 11.3 Å². The van der Waals surface area contributed by atoms with E-state index in [1.165, 1.54) is 4.90 Å². The summed E-state index contributed by atoms with van der Waals surface area (Å²) < 4.78 is 1.57. The molecule has 1 heterocycles. The largest absolute Gasteiger partial charge is 0.508 e. The van der Waals surface area contributed by atoms with E-state index in [0.717, 1.165) is 5.69 Å². The monoisotopic (exact) mass is 231 g/mol. The molecule has 17 heavy (non-hydrogen) atoms. The van der Waals surface area contributed by atoms with Gasteiger partial charge in [-0.25, -0.2) is 0 Å². The Morgan fingerprint density at radius 3 is 2.71 bits per heavy atom. The summed E-state index contributed by atoms with van der Waals surface area (Å²) in [6.07, 6.45) is 3.37. The number of phenolic OH excluding ortho intramolecular Hbond substituents is 1. The first kappa shape index (κ1) is 11.2. The molecule has 5 heteroatoms. The maximum absolute atomic E-state index is 11.9. The molecule has 0 aliphatic heterocycles. The number of anilines is 1. The average Bonchev–Trinajstić information content (AvgIpc) is 2.82. The van der Waals surface area contributed by atoms with Crippen molar-refractivity contribution in [2.24, 2.45) is 0 Å². The lowest BCUT2D eigenvalue weighted by Crippen LogP contribution is -2.30. The quantitative estimate of drug-likeness (QED) is 0.865. The second-order valence-corrected chi connectivity index (χ2v) is 3.67. The van der Waals surface area contributed by atoms with E-state index in [1.54, 1.807) is 54.5 Å². The topological polar surface area (TPSA) is 58.4 Å². The van der Waals surface area contributed by atoms with Crippen LogP contribution in [-0.4, -0.2) is 27.8 Å². The Bertz CT molecular complexity index is 491. The summed E-state index contributed by atoms with van der Waals surface area (Å²) in [6.45, 7) is 0.199. The highest BCUT2D eigenvalue weighted by Gasteiger charge is 2.11. The number of hydrogen-bond acceptors (Lipinski definition) is 3. The fourth-order valence-electron chi connectivity index (χ4n) is 1.46. The predicted molar refractivity (Wildman–Crippen MR) is 63.7 cm³/mol. The average molecular weight is 231 g/mol. The highest BCUT2D eigenvalue weighted by atomic mass is 16.3. The van der Waals surface area contributed by atoms with Crippen LogP contribution in [0.5, 0.6) is 5.75 Å². The van der Waals surface area contributed by atoms with Crippen LogP contribution < -0.4 is 4.90 Å². The number of carbonyl (C=O) groups is 1. The summed E-state index contributed by atoms with van der Waals surface area (Å²) in [7, 11) is 1.69. The number of benzene rings is 1. The van der Waals surface area contributed by atoms with E-state index in [0.29, 0.717) is 0 Å². The number of rotatable bonds is 3. The zero-order valence-electron chi connectivity index (χ0n) is 9.45. The van der Waals surface area contributed by atoms with Gasteiger partial charge < -0.3 is 10.0 Å². The maximum Gasteiger partial charge on any atom is 0.248 e. The first-order chi connectivity index (χ1) is 8.16. The SMILES string of the molecule is CN(C(=O)Cn1cccn1)c1ccc(O)cc1. The number of nitrogens with zero attached hydrogens (tertiary/aromatic N) is 3. The molecule has 5 nitrogen and oxygen atoms in total. The highest BCUT2D eigenvalue weighted by Crippen LogP contribution is 2.17. The van der Waals surface area contributed by atoms with Gasteiger partial charge in [-0.3, -0.25) is 9.48 Å². The molecule has 0 unspecified atom stereocenters. The Hall–Kier alpha value is -2.30. The number of amides is 1. The van der Waals surface area contributed by atoms with Crippen molar-refractivity contribution in [2.75, 3.05) is 11.9 Å². The van der Waals surface area contributed by atoms with E-state index in [4.69, 9.17) is 5.11 Å². The molecule has 0 saturated carbocycles. The molecule has 2 rings (SSSR count). The van der Waals surface area contributed by atoms with Crippen LogP contribution in [0.1, 0.15) is 0 Å². The number of likely N-dealkylation sites (N-methyl/N-ethyl adjacent to an activating group) is 1. The molecule has 0 radical (unpaired) electrons. The molecule has 0 atom stereocenters. The van der Waals surface area contributed by atoms with Gasteiger partial charge in [0.1, 0.15) is 12.3 Å². The van der Waals surface area contributed by atoms with E-state index in [1.807, 2.05) is 0 Å². The molecule has 1 aromatic heterocycles. The van der Waals surface area contributed by atoms with Crippen molar-refractivity contribution >= 4 is 11.6 Å². The van der Waals surface area contributed by atoms with Crippen molar-refractivity contribution in [3.63, 3.8) is 0 Å². The van der Waals surface area contributed by atoms with Gasteiger partial charge >= 0.3 is 0 Å². The van der Waals surface area contributed by atoms with E-state index in [2.05, 4.69) is 5.10 Å². The summed E-state index contributed by atoms with van der Waals surface area (Å²) in [5, 5.41) is 13.1.